The van der Waals surface area contributed by atoms with Gasteiger partial charge in [0.25, 0.3) is 0 Å². The number of likely N-dealkylation sites (tertiary alicyclic amines) is 1. The molecule has 3 heterocycles. The Morgan fingerprint density at radius 1 is 1.16 bits per heavy atom. The van der Waals surface area contributed by atoms with Crippen LogP contribution in [0.3, 0.4) is 0 Å². The molecular weight excluding hydrogens is 517 g/mol. The zero-order chi connectivity index (χ0) is 26.5. The van der Waals surface area contributed by atoms with Gasteiger partial charge in [-0.3, -0.25) is 14.4 Å². The lowest BCUT2D eigenvalue weighted by molar-refractivity contribution is -0.142. The van der Waals surface area contributed by atoms with Crippen LogP contribution in [0.4, 0.5) is 5.69 Å². The number of nitrogens with one attached hydrogen (secondary N) is 2. The van der Waals surface area contributed by atoms with E-state index in [4.69, 9.17) is 32.7 Å². The Labute approximate surface area is 227 Å². The van der Waals surface area contributed by atoms with Crippen LogP contribution in [-0.2, 0) is 23.9 Å². The predicted octanol–water partition coefficient (Wildman–Crippen LogP) is 3.67. The van der Waals surface area contributed by atoms with Gasteiger partial charge in [-0.25, -0.2) is 0 Å². The summed E-state index contributed by atoms with van der Waals surface area (Å²) in [6.07, 6.45) is 6.09. The van der Waals surface area contributed by atoms with Gasteiger partial charge in [0, 0.05) is 35.4 Å². The van der Waals surface area contributed by atoms with Crippen molar-refractivity contribution in [2.45, 2.75) is 56.9 Å². The van der Waals surface area contributed by atoms with Crippen molar-refractivity contribution in [2.24, 2.45) is 23.7 Å². The third kappa shape index (κ3) is 4.56. The molecule has 10 heteroatoms. The molecule has 0 aromatic heterocycles. The van der Waals surface area contributed by atoms with Crippen LogP contribution in [0.5, 0.6) is 0 Å². The number of anilines is 1. The second kappa shape index (κ2) is 10.2. The molecule has 2 bridgehead atoms. The topological polar surface area (TPSA) is 97.0 Å². The van der Waals surface area contributed by atoms with Crippen LogP contribution in [0.25, 0.3) is 0 Å². The number of benzene rings is 1. The summed E-state index contributed by atoms with van der Waals surface area (Å²) in [6, 6.07) is 3.90. The summed E-state index contributed by atoms with van der Waals surface area (Å²) in [7, 11) is 1.55. The molecule has 8 atom stereocenters. The van der Waals surface area contributed by atoms with E-state index in [0.29, 0.717) is 27.6 Å². The van der Waals surface area contributed by atoms with Gasteiger partial charge >= 0.3 is 0 Å². The highest BCUT2D eigenvalue weighted by Crippen LogP contribution is 2.55. The number of fused-ring (bicyclic) bond motifs is 1. The first-order valence-electron chi connectivity index (χ1n) is 12.9. The molecule has 1 spiro atoms. The number of ether oxygens (including phenoxy) is 2. The van der Waals surface area contributed by atoms with Gasteiger partial charge in [-0.15, -0.1) is 0 Å². The zero-order valence-corrected chi connectivity index (χ0v) is 22.7. The molecule has 37 heavy (non-hydrogen) atoms. The smallest absolute Gasteiger partial charge is 0.246 e. The minimum absolute atomic E-state index is 0.0281. The molecule has 3 aliphatic heterocycles. The normalized spacial score (nSPS) is 36.1. The van der Waals surface area contributed by atoms with E-state index in [1.54, 1.807) is 31.4 Å². The predicted molar refractivity (Wildman–Crippen MR) is 140 cm³/mol. The van der Waals surface area contributed by atoms with Crippen LogP contribution in [0.1, 0.15) is 33.1 Å². The quantitative estimate of drug-likeness (QED) is 0.506. The molecule has 8 nitrogen and oxygen atoms in total. The highest BCUT2D eigenvalue weighted by Gasteiger charge is 2.72. The van der Waals surface area contributed by atoms with Crippen LogP contribution in [-0.4, -0.2) is 66.7 Å². The summed E-state index contributed by atoms with van der Waals surface area (Å²) < 4.78 is 11.6. The van der Waals surface area contributed by atoms with E-state index in [1.807, 2.05) is 6.08 Å². The summed E-state index contributed by atoms with van der Waals surface area (Å²) in [5.41, 5.74) is -0.781. The number of nitrogens with zero attached hydrogens (tertiary/aromatic N) is 1. The molecular formula is C27H33Cl2N3O5. The molecule has 200 valence electrons. The summed E-state index contributed by atoms with van der Waals surface area (Å²) >= 11 is 12.2. The molecule has 1 aromatic rings. The minimum Gasteiger partial charge on any atom is -0.383 e. The van der Waals surface area contributed by atoms with E-state index < -0.39 is 29.6 Å². The largest absolute Gasteiger partial charge is 0.383 e. The minimum atomic E-state index is -1.21. The van der Waals surface area contributed by atoms with E-state index in [0.717, 1.165) is 19.3 Å². The Kier molecular flexibility index (Phi) is 7.31. The fraction of sp³-hybridized carbons (Fsp3) is 0.593. The number of amides is 3. The molecule has 0 unspecified atom stereocenters. The van der Waals surface area contributed by atoms with Gasteiger partial charge < -0.3 is 25.0 Å². The molecule has 0 radical (unpaired) electrons. The Bertz CT molecular complexity index is 1110. The van der Waals surface area contributed by atoms with Gasteiger partial charge in [0.2, 0.25) is 17.7 Å². The lowest BCUT2D eigenvalue weighted by Crippen LogP contribution is -2.58. The first-order chi connectivity index (χ1) is 17.7. The van der Waals surface area contributed by atoms with E-state index in [9.17, 15) is 14.4 Å². The third-order valence-corrected chi connectivity index (χ3v) is 9.06. The Balaban J connectivity index is 1.43. The maximum Gasteiger partial charge on any atom is 0.246 e. The van der Waals surface area contributed by atoms with Gasteiger partial charge in [-0.1, -0.05) is 62.0 Å². The highest BCUT2D eigenvalue weighted by molar-refractivity contribution is 6.35. The van der Waals surface area contributed by atoms with Crippen molar-refractivity contribution in [3.8, 4) is 0 Å². The zero-order valence-electron chi connectivity index (χ0n) is 21.2. The van der Waals surface area contributed by atoms with Gasteiger partial charge in [0.15, 0.2) is 0 Å². The monoisotopic (exact) mass is 549 g/mol. The summed E-state index contributed by atoms with van der Waals surface area (Å²) in [6.45, 7) is 4.86. The number of hydrogen-bond acceptors (Lipinski definition) is 5. The number of carbonyl (C=O) groups is 3. The second-order valence-corrected chi connectivity index (χ2v) is 11.6. The van der Waals surface area contributed by atoms with E-state index >= 15 is 0 Å². The van der Waals surface area contributed by atoms with Crippen LogP contribution in [0.15, 0.2) is 30.4 Å². The summed E-state index contributed by atoms with van der Waals surface area (Å²) in [5, 5.41) is 6.84. The van der Waals surface area contributed by atoms with Crippen LogP contribution in [0, 0.1) is 23.7 Å². The molecule has 2 N–H and O–H groups in total. The third-order valence-electron chi connectivity index (χ3n) is 8.63. The molecule has 3 fully saturated rings. The first-order valence-corrected chi connectivity index (χ1v) is 13.7. The van der Waals surface area contributed by atoms with Crippen molar-refractivity contribution in [3.05, 3.63) is 40.4 Å². The maximum atomic E-state index is 13.9. The Morgan fingerprint density at radius 3 is 2.59 bits per heavy atom. The lowest BCUT2D eigenvalue weighted by Gasteiger charge is -2.38. The molecule has 1 saturated carbocycles. The summed E-state index contributed by atoms with van der Waals surface area (Å²) in [4.78, 5) is 42.7. The summed E-state index contributed by atoms with van der Waals surface area (Å²) in [5.74, 6) is -1.69. The van der Waals surface area contributed by atoms with Crippen molar-refractivity contribution in [1.29, 1.82) is 0 Å². The SMILES string of the molecule is COCCN1C(=O)[C@H]2[C@H](C(=O)Nc3cc(Cl)cc(Cl)c3)[C@H]3C=C[C@@]2(O3)[C@@H]1C(=O)N[C@@H]1CCC[C@H](C)[C@H]1C. The van der Waals surface area contributed by atoms with Gasteiger partial charge in [-0.2, -0.15) is 0 Å². The van der Waals surface area contributed by atoms with Crippen LogP contribution in [0.2, 0.25) is 10.0 Å². The average molecular weight is 550 g/mol. The van der Waals surface area contributed by atoms with Crippen molar-refractivity contribution in [3.63, 3.8) is 0 Å². The number of hydrogen-bond donors (Lipinski definition) is 2. The van der Waals surface area contributed by atoms with E-state index in [2.05, 4.69) is 24.5 Å². The molecule has 1 aromatic carbocycles. The molecule has 4 aliphatic rings. The first kappa shape index (κ1) is 26.5. The number of methoxy groups -OCH3 is 1. The molecule has 5 rings (SSSR count). The fourth-order valence-corrected chi connectivity index (χ4v) is 7.12. The maximum absolute atomic E-state index is 13.9. The Hall–Kier alpha value is -2.13. The molecule has 2 saturated heterocycles. The standard InChI is InChI=1S/C27H33Cl2N3O5/c1-14-5-4-6-19(15(14)2)31-25(34)23-27-8-7-20(37-27)21(22(27)26(35)32(23)9-10-36-3)24(33)30-18-12-16(28)11-17(29)13-18/h7-8,11-15,19-23H,4-6,9-10H2,1-3H3,(H,30,33)(H,31,34)/t14-,15+,19+,20+,21+,22+,23-,27-/m0/s1. The number of rotatable bonds is 7. The van der Waals surface area contributed by atoms with Crippen LogP contribution < -0.4 is 10.6 Å². The van der Waals surface area contributed by atoms with E-state index in [1.165, 1.54) is 4.90 Å². The van der Waals surface area contributed by atoms with Crippen molar-refractivity contribution >= 4 is 46.6 Å². The van der Waals surface area contributed by atoms with Gasteiger partial charge in [0.05, 0.1) is 24.5 Å². The van der Waals surface area contributed by atoms with Gasteiger partial charge in [-0.05, 0) is 36.5 Å². The highest BCUT2D eigenvalue weighted by atomic mass is 35.5. The van der Waals surface area contributed by atoms with Crippen LogP contribution >= 0.6 is 23.2 Å². The Morgan fingerprint density at radius 2 is 1.89 bits per heavy atom. The van der Waals surface area contributed by atoms with E-state index in [-0.39, 0.29) is 36.9 Å². The van der Waals surface area contributed by atoms with Crippen molar-refractivity contribution in [2.75, 3.05) is 25.6 Å². The number of halogens is 2. The average Bonchev–Trinajstić information content (AvgIpc) is 3.47. The second-order valence-electron chi connectivity index (χ2n) is 10.8. The van der Waals surface area contributed by atoms with Gasteiger partial charge in [0.1, 0.15) is 11.6 Å². The lowest BCUT2D eigenvalue weighted by atomic mass is 9.73. The van der Waals surface area contributed by atoms with Crippen molar-refractivity contribution < 1.29 is 23.9 Å². The fourth-order valence-electron chi connectivity index (χ4n) is 6.60. The molecule has 1 aliphatic carbocycles. The molecule has 3 amide bonds. The number of carbonyl (C=O) groups excluding carboxylic acids is 3. The van der Waals surface area contributed by atoms with Crippen molar-refractivity contribution in [1.82, 2.24) is 10.2 Å².